The van der Waals surface area contributed by atoms with Crippen LogP contribution in [0.3, 0.4) is 0 Å². The van der Waals surface area contributed by atoms with Crippen LogP contribution in [0.25, 0.3) is 0 Å². The molecule has 2 unspecified atom stereocenters. The third-order valence-corrected chi connectivity index (χ3v) is 5.23. The van der Waals surface area contributed by atoms with Crippen LogP contribution in [0.2, 0.25) is 0 Å². The van der Waals surface area contributed by atoms with E-state index in [1.807, 2.05) is 12.1 Å². The van der Waals surface area contributed by atoms with E-state index >= 15 is 0 Å². The molecule has 19 heavy (non-hydrogen) atoms. The lowest BCUT2D eigenvalue weighted by atomic mass is 9.99. The van der Waals surface area contributed by atoms with Crippen LogP contribution in [0, 0.1) is 0 Å². The van der Waals surface area contributed by atoms with Gasteiger partial charge < -0.3 is 10.4 Å². The van der Waals surface area contributed by atoms with Crippen molar-refractivity contribution in [2.24, 2.45) is 0 Å². The SMILES string of the molecule is CCCNC(Cc1ccc(O)cc1)C1CCCCS1. The first kappa shape index (κ1) is 14.7. The predicted molar refractivity (Wildman–Crippen MR) is 84.0 cm³/mol. The van der Waals surface area contributed by atoms with Gasteiger partial charge in [-0.1, -0.05) is 25.5 Å². The highest BCUT2D eigenvalue weighted by molar-refractivity contribution is 8.00. The van der Waals surface area contributed by atoms with E-state index in [0.717, 1.165) is 18.2 Å². The Bertz CT molecular complexity index is 360. The molecule has 3 heteroatoms. The van der Waals surface area contributed by atoms with Crippen LogP contribution in [0.15, 0.2) is 24.3 Å². The Hall–Kier alpha value is -0.670. The molecule has 1 aromatic carbocycles. The fourth-order valence-electron chi connectivity index (χ4n) is 2.63. The first-order chi connectivity index (χ1) is 9.29. The first-order valence-electron chi connectivity index (χ1n) is 7.42. The normalized spacial score (nSPS) is 21.2. The molecule has 1 aliphatic heterocycles. The number of benzene rings is 1. The van der Waals surface area contributed by atoms with Crippen LogP contribution >= 0.6 is 11.8 Å². The second-order valence-electron chi connectivity index (χ2n) is 5.34. The van der Waals surface area contributed by atoms with E-state index in [2.05, 4.69) is 24.0 Å². The highest BCUT2D eigenvalue weighted by Crippen LogP contribution is 2.29. The second-order valence-corrected chi connectivity index (χ2v) is 6.68. The summed E-state index contributed by atoms with van der Waals surface area (Å²) in [5, 5.41) is 13.8. The highest BCUT2D eigenvalue weighted by Gasteiger charge is 2.23. The van der Waals surface area contributed by atoms with Gasteiger partial charge in [-0.3, -0.25) is 0 Å². The standard InChI is InChI=1S/C16H25NOS/c1-2-10-17-15(16-5-3-4-11-19-16)12-13-6-8-14(18)9-7-13/h6-9,15-18H,2-5,10-12H2,1H3. The van der Waals surface area contributed by atoms with Gasteiger partial charge in [-0.25, -0.2) is 0 Å². The predicted octanol–water partition coefficient (Wildman–Crippen LogP) is 3.59. The van der Waals surface area contributed by atoms with Crippen molar-refractivity contribution in [2.75, 3.05) is 12.3 Å². The Balaban J connectivity index is 1.97. The molecule has 1 fully saturated rings. The summed E-state index contributed by atoms with van der Waals surface area (Å²) in [4.78, 5) is 0. The van der Waals surface area contributed by atoms with Crippen molar-refractivity contribution in [1.29, 1.82) is 0 Å². The molecule has 2 nitrogen and oxygen atoms in total. The Labute approximate surface area is 121 Å². The summed E-state index contributed by atoms with van der Waals surface area (Å²) in [6, 6.07) is 8.24. The minimum atomic E-state index is 0.355. The van der Waals surface area contributed by atoms with Crippen molar-refractivity contribution in [1.82, 2.24) is 5.32 Å². The maximum Gasteiger partial charge on any atom is 0.115 e. The molecule has 0 aliphatic carbocycles. The van der Waals surface area contributed by atoms with Gasteiger partial charge in [0.15, 0.2) is 0 Å². The van der Waals surface area contributed by atoms with Gasteiger partial charge in [0.1, 0.15) is 5.75 Å². The zero-order valence-electron chi connectivity index (χ0n) is 11.8. The molecular formula is C16H25NOS. The molecule has 0 bridgehead atoms. The first-order valence-corrected chi connectivity index (χ1v) is 8.47. The molecule has 0 amide bonds. The number of phenolic OH excluding ortho intramolecular Hbond substituents is 1. The summed E-state index contributed by atoms with van der Waals surface area (Å²) >= 11 is 2.13. The third-order valence-electron chi connectivity index (χ3n) is 3.71. The fourth-order valence-corrected chi connectivity index (χ4v) is 4.07. The molecule has 106 valence electrons. The van der Waals surface area contributed by atoms with E-state index < -0.39 is 0 Å². The van der Waals surface area contributed by atoms with E-state index in [-0.39, 0.29) is 0 Å². The number of aromatic hydroxyl groups is 1. The van der Waals surface area contributed by atoms with Crippen LogP contribution < -0.4 is 5.32 Å². The summed E-state index contributed by atoms with van der Waals surface area (Å²) in [6.45, 7) is 3.32. The maximum atomic E-state index is 9.36. The molecule has 0 radical (unpaired) electrons. The Morgan fingerprint density at radius 2 is 2.11 bits per heavy atom. The van der Waals surface area contributed by atoms with Crippen molar-refractivity contribution < 1.29 is 5.11 Å². The van der Waals surface area contributed by atoms with E-state index in [0.29, 0.717) is 11.8 Å². The van der Waals surface area contributed by atoms with Gasteiger partial charge in [0.25, 0.3) is 0 Å². The molecule has 2 atom stereocenters. The average molecular weight is 279 g/mol. The van der Waals surface area contributed by atoms with Gasteiger partial charge in [-0.05, 0) is 55.7 Å². The van der Waals surface area contributed by atoms with Gasteiger partial charge in [-0.15, -0.1) is 0 Å². The lowest BCUT2D eigenvalue weighted by Crippen LogP contribution is -2.41. The molecule has 2 N–H and O–H groups in total. The van der Waals surface area contributed by atoms with E-state index in [4.69, 9.17) is 0 Å². The summed E-state index contributed by atoms with van der Waals surface area (Å²) in [6.07, 6.45) is 6.34. The Morgan fingerprint density at radius 3 is 2.74 bits per heavy atom. The monoisotopic (exact) mass is 279 g/mol. The van der Waals surface area contributed by atoms with Crippen LogP contribution in [0.4, 0.5) is 0 Å². The summed E-state index contributed by atoms with van der Waals surface area (Å²) in [7, 11) is 0. The van der Waals surface area contributed by atoms with E-state index in [1.54, 1.807) is 12.1 Å². The van der Waals surface area contributed by atoms with Gasteiger partial charge >= 0.3 is 0 Å². The molecule has 0 saturated carbocycles. The number of thioether (sulfide) groups is 1. The van der Waals surface area contributed by atoms with Crippen molar-refractivity contribution in [2.45, 2.75) is 50.3 Å². The number of rotatable bonds is 6. The van der Waals surface area contributed by atoms with Gasteiger partial charge in [0, 0.05) is 11.3 Å². The van der Waals surface area contributed by atoms with Crippen molar-refractivity contribution in [3.8, 4) is 5.75 Å². The zero-order chi connectivity index (χ0) is 13.5. The lowest BCUT2D eigenvalue weighted by molar-refractivity contribution is 0.459. The molecule has 0 spiro atoms. The average Bonchev–Trinajstić information content (AvgIpc) is 2.46. The third kappa shape index (κ3) is 4.73. The van der Waals surface area contributed by atoms with Crippen LogP contribution in [0.1, 0.15) is 38.2 Å². The van der Waals surface area contributed by atoms with E-state index in [9.17, 15) is 5.11 Å². The largest absolute Gasteiger partial charge is 0.508 e. The van der Waals surface area contributed by atoms with Crippen molar-refractivity contribution in [3.05, 3.63) is 29.8 Å². The minimum absolute atomic E-state index is 0.355. The van der Waals surface area contributed by atoms with Crippen molar-refractivity contribution >= 4 is 11.8 Å². The van der Waals surface area contributed by atoms with Gasteiger partial charge in [0.05, 0.1) is 0 Å². The number of hydrogen-bond donors (Lipinski definition) is 2. The molecule has 1 aromatic rings. The van der Waals surface area contributed by atoms with Gasteiger partial charge in [0.2, 0.25) is 0 Å². The topological polar surface area (TPSA) is 32.3 Å². The van der Waals surface area contributed by atoms with E-state index in [1.165, 1.54) is 37.0 Å². The van der Waals surface area contributed by atoms with Crippen LogP contribution in [-0.2, 0) is 6.42 Å². The fraction of sp³-hybridized carbons (Fsp3) is 0.625. The molecule has 1 aliphatic rings. The number of nitrogens with one attached hydrogen (secondary N) is 1. The maximum absolute atomic E-state index is 9.36. The van der Waals surface area contributed by atoms with Crippen LogP contribution in [-0.4, -0.2) is 28.7 Å². The second kappa shape index (κ2) is 7.81. The quantitative estimate of drug-likeness (QED) is 0.834. The van der Waals surface area contributed by atoms with Crippen molar-refractivity contribution in [3.63, 3.8) is 0 Å². The zero-order valence-corrected chi connectivity index (χ0v) is 12.6. The Kier molecular flexibility index (Phi) is 6.05. The smallest absolute Gasteiger partial charge is 0.115 e. The Morgan fingerprint density at radius 1 is 1.32 bits per heavy atom. The molecular weight excluding hydrogens is 254 g/mol. The highest BCUT2D eigenvalue weighted by atomic mass is 32.2. The summed E-state index contributed by atoms with van der Waals surface area (Å²) < 4.78 is 0. The molecule has 1 saturated heterocycles. The molecule has 0 aromatic heterocycles. The lowest BCUT2D eigenvalue weighted by Gasteiger charge is -2.31. The number of phenols is 1. The number of hydrogen-bond acceptors (Lipinski definition) is 3. The molecule has 2 rings (SSSR count). The summed E-state index contributed by atoms with van der Waals surface area (Å²) in [5.74, 6) is 1.67. The minimum Gasteiger partial charge on any atom is -0.508 e. The van der Waals surface area contributed by atoms with Gasteiger partial charge in [-0.2, -0.15) is 11.8 Å². The van der Waals surface area contributed by atoms with Crippen LogP contribution in [0.5, 0.6) is 5.75 Å². The molecule has 1 heterocycles. The summed E-state index contributed by atoms with van der Waals surface area (Å²) in [5.41, 5.74) is 1.32.